The first kappa shape index (κ1) is 10.9. The van der Waals surface area contributed by atoms with Crippen LogP contribution in [0.1, 0.15) is 27.6 Å². The molecule has 0 aliphatic rings. The van der Waals surface area contributed by atoms with E-state index in [2.05, 4.69) is 0 Å². The Kier molecular flexibility index (Phi) is 3.36. The number of carbonyl (C=O) groups is 1. The number of hydrogen-bond acceptors (Lipinski definition) is 5. The molecule has 0 fully saturated rings. The van der Waals surface area contributed by atoms with Crippen molar-refractivity contribution in [2.75, 3.05) is 0 Å². The third-order valence-electron chi connectivity index (χ3n) is 1.70. The first-order valence-corrected chi connectivity index (χ1v) is 4.74. The smallest absolute Gasteiger partial charge is 0.171 e. The molecular weight excluding hydrogens is 202 g/mol. The van der Waals surface area contributed by atoms with Crippen molar-refractivity contribution in [2.24, 2.45) is 0 Å². The molecule has 0 saturated carbocycles. The molecule has 14 heavy (non-hydrogen) atoms. The maximum absolute atomic E-state index is 10.9. The van der Waals surface area contributed by atoms with Gasteiger partial charge < -0.3 is 10.2 Å². The second kappa shape index (κ2) is 4.33. The lowest BCUT2D eigenvalue weighted by atomic mass is 10.2. The largest absolute Gasteiger partial charge is 0.384 e. The monoisotopic (exact) mass is 211 g/mol. The standard InChI is InChI=1S/C9H9NO3S/c1-5(11)7-2-3-8(14-7)9(13)6(12)4-10/h2-3,6,9,12-13H,1H3. The predicted molar refractivity (Wildman–Crippen MR) is 50.9 cm³/mol. The first-order valence-electron chi connectivity index (χ1n) is 3.92. The van der Waals surface area contributed by atoms with E-state index < -0.39 is 12.2 Å². The van der Waals surface area contributed by atoms with E-state index in [0.717, 1.165) is 11.3 Å². The number of nitrogens with zero attached hydrogens (tertiary/aromatic N) is 1. The van der Waals surface area contributed by atoms with Crippen LogP contribution >= 0.6 is 11.3 Å². The summed E-state index contributed by atoms with van der Waals surface area (Å²) in [4.78, 5) is 11.8. The minimum absolute atomic E-state index is 0.0973. The minimum Gasteiger partial charge on any atom is -0.384 e. The lowest BCUT2D eigenvalue weighted by Crippen LogP contribution is -2.14. The van der Waals surface area contributed by atoms with Gasteiger partial charge in [-0.25, -0.2) is 0 Å². The summed E-state index contributed by atoms with van der Waals surface area (Å²) in [6.45, 7) is 1.42. The van der Waals surface area contributed by atoms with E-state index in [-0.39, 0.29) is 5.78 Å². The minimum atomic E-state index is -1.45. The fourth-order valence-electron chi connectivity index (χ4n) is 0.927. The highest BCUT2D eigenvalue weighted by molar-refractivity contribution is 7.14. The lowest BCUT2D eigenvalue weighted by molar-refractivity contribution is 0.0552. The van der Waals surface area contributed by atoms with Gasteiger partial charge in [0, 0.05) is 4.88 Å². The molecular formula is C9H9NO3S. The molecule has 1 aromatic rings. The van der Waals surface area contributed by atoms with Crippen LogP contribution in [0.25, 0.3) is 0 Å². The van der Waals surface area contributed by atoms with E-state index in [0.29, 0.717) is 9.75 Å². The number of ketones is 1. The summed E-state index contributed by atoms with van der Waals surface area (Å²) in [5, 5.41) is 26.8. The maximum Gasteiger partial charge on any atom is 0.171 e. The zero-order chi connectivity index (χ0) is 10.7. The van der Waals surface area contributed by atoms with Crippen molar-refractivity contribution in [2.45, 2.75) is 19.1 Å². The van der Waals surface area contributed by atoms with Gasteiger partial charge in [0.15, 0.2) is 11.9 Å². The Labute approximate surface area is 85.0 Å². The third kappa shape index (κ3) is 2.17. The number of thiophene rings is 1. The molecule has 1 rings (SSSR count). The molecule has 4 nitrogen and oxygen atoms in total. The van der Waals surface area contributed by atoms with Crippen LogP contribution in [0.5, 0.6) is 0 Å². The van der Waals surface area contributed by atoms with Gasteiger partial charge in [-0.15, -0.1) is 11.3 Å². The quantitative estimate of drug-likeness (QED) is 0.574. The van der Waals surface area contributed by atoms with Crippen molar-refractivity contribution in [1.29, 1.82) is 5.26 Å². The molecule has 0 radical (unpaired) electrons. The van der Waals surface area contributed by atoms with Gasteiger partial charge in [0.1, 0.15) is 6.10 Å². The van der Waals surface area contributed by atoms with E-state index in [9.17, 15) is 9.90 Å². The van der Waals surface area contributed by atoms with Gasteiger partial charge in [0.2, 0.25) is 0 Å². The highest BCUT2D eigenvalue weighted by atomic mass is 32.1. The second-order valence-corrected chi connectivity index (χ2v) is 3.89. The number of hydrogen-bond donors (Lipinski definition) is 2. The van der Waals surface area contributed by atoms with Gasteiger partial charge in [0.05, 0.1) is 10.9 Å². The fourth-order valence-corrected chi connectivity index (χ4v) is 1.85. The normalized spacial score (nSPS) is 14.4. The van der Waals surface area contributed by atoms with Gasteiger partial charge in [-0.1, -0.05) is 0 Å². The SMILES string of the molecule is CC(=O)c1ccc(C(O)C(O)C#N)s1. The molecule has 0 spiro atoms. The number of nitriles is 1. The highest BCUT2D eigenvalue weighted by Crippen LogP contribution is 2.25. The molecule has 0 aromatic carbocycles. The van der Waals surface area contributed by atoms with Gasteiger partial charge in [-0.2, -0.15) is 5.26 Å². The van der Waals surface area contributed by atoms with Crippen LogP contribution in [0.3, 0.4) is 0 Å². The van der Waals surface area contributed by atoms with Crippen LogP contribution in [0.4, 0.5) is 0 Å². The zero-order valence-corrected chi connectivity index (χ0v) is 8.28. The molecule has 74 valence electrons. The lowest BCUT2D eigenvalue weighted by Gasteiger charge is -2.08. The van der Waals surface area contributed by atoms with Gasteiger partial charge >= 0.3 is 0 Å². The van der Waals surface area contributed by atoms with E-state index >= 15 is 0 Å². The number of Topliss-reactive ketones (excluding diaryl/α,β-unsaturated/α-hetero) is 1. The van der Waals surface area contributed by atoms with E-state index in [1.165, 1.54) is 19.1 Å². The first-order chi connectivity index (χ1) is 6.56. The van der Waals surface area contributed by atoms with Crippen LogP contribution in [-0.4, -0.2) is 22.1 Å². The van der Waals surface area contributed by atoms with Crippen LogP contribution in [-0.2, 0) is 0 Å². The summed E-state index contributed by atoms with van der Waals surface area (Å²) in [5.74, 6) is -0.0973. The van der Waals surface area contributed by atoms with E-state index in [1.54, 1.807) is 6.07 Å². The van der Waals surface area contributed by atoms with Crippen molar-refractivity contribution in [1.82, 2.24) is 0 Å². The predicted octanol–water partition coefficient (Wildman–Crippen LogP) is 0.869. The molecule has 5 heteroatoms. The number of carbonyl (C=O) groups excluding carboxylic acids is 1. The number of aliphatic hydroxyl groups is 2. The van der Waals surface area contributed by atoms with Crippen LogP contribution in [0.15, 0.2) is 12.1 Å². The van der Waals surface area contributed by atoms with Gasteiger partial charge in [0.25, 0.3) is 0 Å². The summed E-state index contributed by atoms with van der Waals surface area (Å²) in [6, 6.07) is 4.63. The molecule has 1 heterocycles. The average molecular weight is 211 g/mol. The van der Waals surface area contributed by atoms with Crippen molar-refractivity contribution >= 4 is 17.1 Å². The van der Waals surface area contributed by atoms with Crippen molar-refractivity contribution in [3.63, 3.8) is 0 Å². The molecule has 0 saturated heterocycles. The van der Waals surface area contributed by atoms with Gasteiger partial charge in [-0.05, 0) is 19.1 Å². The molecule has 2 N–H and O–H groups in total. The van der Waals surface area contributed by atoms with Crippen LogP contribution in [0.2, 0.25) is 0 Å². The second-order valence-electron chi connectivity index (χ2n) is 2.78. The molecule has 0 bridgehead atoms. The Balaban J connectivity index is 2.87. The molecule has 0 aliphatic heterocycles. The Morgan fingerprint density at radius 1 is 1.57 bits per heavy atom. The van der Waals surface area contributed by atoms with Crippen molar-refractivity contribution in [3.05, 3.63) is 21.9 Å². The molecule has 2 unspecified atom stereocenters. The van der Waals surface area contributed by atoms with Crippen LogP contribution < -0.4 is 0 Å². The number of aliphatic hydroxyl groups excluding tert-OH is 2. The molecule has 0 aliphatic carbocycles. The van der Waals surface area contributed by atoms with Crippen LogP contribution in [0, 0.1) is 11.3 Å². The summed E-state index contributed by atoms with van der Waals surface area (Å²) in [7, 11) is 0. The van der Waals surface area contributed by atoms with E-state index in [1.807, 2.05) is 0 Å². The third-order valence-corrected chi connectivity index (χ3v) is 2.95. The highest BCUT2D eigenvalue weighted by Gasteiger charge is 2.19. The maximum atomic E-state index is 10.9. The Hall–Kier alpha value is -1.22. The Bertz CT molecular complexity index is 380. The number of rotatable bonds is 3. The fraction of sp³-hybridized carbons (Fsp3) is 0.333. The molecule has 0 amide bonds. The summed E-state index contributed by atoms with van der Waals surface area (Å²) in [6.07, 6.45) is -2.69. The Morgan fingerprint density at radius 3 is 2.64 bits per heavy atom. The van der Waals surface area contributed by atoms with E-state index in [4.69, 9.17) is 10.4 Å². The summed E-state index contributed by atoms with van der Waals surface area (Å²) in [5.41, 5.74) is 0. The topological polar surface area (TPSA) is 81.3 Å². The zero-order valence-electron chi connectivity index (χ0n) is 7.47. The summed E-state index contributed by atoms with van der Waals surface area (Å²) >= 11 is 1.08. The van der Waals surface area contributed by atoms with Crippen molar-refractivity contribution in [3.8, 4) is 6.07 Å². The molecule has 1 aromatic heterocycles. The molecule has 2 atom stereocenters. The average Bonchev–Trinajstić information content (AvgIpc) is 2.64. The summed E-state index contributed by atoms with van der Waals surface area (Å²) < 4.78 is 0. The van der Waals surface area contributed by atoms with Crippen molar-refractivity contribution < 1.29 is 15.0 Å². The van der Waals surface area contributed by atoms with Gasteiger partial charge in [-0.3, -0.25) is 4.79 Å². The Morgan fingerprint density at radius 2 is 2.21 bits per heavy atom.